The number of carbonyl (C=O) groups is 1. The molecule has 8 heteroatoms. The van der Waals surface area contributed by atoms with Crippen molar-refractivity contribution < 1.29 is 9.53 Å². The second-order valence-corrected chi connectivity index (χ2v) is 13.1. The van der Waals surface area contributed by atoms with Crippen LogP contribution in [0.1, 0.15) is 54.9 Å². The fourth-order valence-corrected chi connectivity index (χ4v) is 6.48. The Balaban J connectivity index is 1.68. The van der Waals surface area contributed by atoms with Gasteiger partial charge in [0, 0.05) is 22.2 Å². The zero-order valence-corrected chi connectivity index (χ0v) is 26.4. The molecule has 1 heterocycles. The van der Waals surface area contributed by atoms with E-state index in [1.165, 1.54) is 0 Å². The summed E-state index contributed by atoms with van der Waals surface area (Å²) in [5, 5.41) is 11.2. The number of rotatable bonds is 5. The van der Waals surface area contributed by atoms with Gasteiger partial charge in [0.15, 0.2) is 5.78 Å². The number of aryl methyl sites for hydroxylation is 2. The van der Waals surface area contributed by atoms with Gasteiger partial charge in [-0.1, -0.05) is 71.2 Å². The summed E-state index contributed by atoms with van der Waals surface area (Å²) in [5.74, 6) is 0.383. The molecular weight excluding hydrogens is 621 g/mol. The highest BCUT2D eigenvalue weighted by Crippen LogP contribution is 2.52. The minimum absolute atomic E-state index is 0.00251. The van der Waals surface area contributed by atoms with Gasteiger partial charge in [-0.3, -0.25) is 9.69 Å². The Labute approximate surface area is 259 Å². The maximum Gasteiger partial charge on any atom is 0.162 e. The molecular formula is C33H30BrCl2N3O2. The van der Waals surface area contributed by atoms with E-state index < -0.39 is 5.92 Å². The van der Waals surface area contributed by atoms with Crippen molar-refractivity contribution in [1.29, 1.82) is 5.26 Å². The predicted octanol–water partition coefficient (Wildman–Crippen LogP) is 8.89. The van der Waals surface area contributed by atoms with Crippen molar-refractivity contribution in [2.45, 2.75) is 53.1 Å². The molecule has 0 bridgehead atoms. The second-order valence-electron chi connectivity index (χ2n) is 11.4. The molecule has 1 unspecified atom stereocenters. The van der Waals surface area contributed by atoms with Crippen molar-refractivity contribution in [3.8, 4) is 11.8 Å². The molecule has 0 saturated carbocycles. The monoisotopic (exact) mass is 649 g/mol. The Hall–Kier alpha value is -3.24. The summed E-state index contributed by atoms with van der Waals surface area (Å²) >= 11 is 16.5. The minimum Gasteiger partial charge on any atom is -0.489 e. The summed E-state index contributed by atoms with van der Waals surface area (Å²) in [6, 6.07) is 19.4. The van der Waals surface area contributed by atoms with Crippen LogP contribution in [-0.2, 0) is 11.4 Å². The normalized spacial score (nSPS) is 18.3. The first-order chi connectivity index (χ1) is 19.4. The number of allylic oxidation sites excluding steroid dienone is 3. The Morgan fingerprint density at radius 1 is 1.10 bits per heavy atom. The van der Waals surface area contributed by atoms with Crippen LogP contribution in [0.25, 0.3) is 0 Å². The maximum atomic E-state index is 14.0. The Morgan fingerprint density at radius 2 is 1.80 bits per heavy atom. The van der Waals surface area contributed by atoms with E-state index in [1.54, 1.807) is 17.0 Å². The molecule has 5 nitrogen and oxygen atoms in total. The van der Waals surface area contributed by atoms with E-state index in [9.17, 15) is 10.1 Å². The number of carbonyl (C=O) groups excluding carboxylic acids is 1. The summed E-state index contributed by atoms with van der Waals surface area (Å²) in [4.78, 5) is 15.7. The number of ether oxygens (including phenoxy) is 1. The Bertz CT molecular complexity index is 1670. The fourth-order valence-electron chi connectivity index (χ4n) is 5.83. The average molecular weight is 651 g/mol. The summed E-state index contributed by atoms with van der Waals surface area (Å²) in [7, 11) is 0. The van der Waals surface area contributed by atoms with Gasteiger partial charge in [-0.05, 0) is 84.3 Å². The van der Waals surface area contributed by atoms with Gasteiger partial charge in [0.2, 0.25) is 0 Å². The highest BCUT2D eigenvalue weighted by Gasteiger charge is 2.45. The summed E-state index contributed by atoms with van der Waals surface area (Å²) in [5.41, 5.74) is 12.6. The molecule has 5 rings (SSSR count). The lowest BCUT2D eigenvalue weighted by molar-refractivity contribution is -0.118. The van der Waals surface area contributed by atoms with Crippen molar-refractivity contribution >= 4 is 50.6 Å². The van der Waals surface area contributed by atoms with E-state index >= 15 is 0 Å². The number of ketones is 1. The van der Waals surface area contributed by atoms with E-state index in [-0.39, 0.29) is 17.0 Å². The zero-order valence-electron chi connectivity index (χ0n) is 23.3. The molecule has 2 N–H and O–H groups in total. The highest BCUT2D eigenvalue weighted by atomic mass is 79.9. The van der Waals surface area contributed by atoms with Gasteiger partial charge in [0.1, 0.15) is 18.2 Å². The maximum absolute atomic E-state index is 14.0. The van der Waals surface area contributed by atoms with E-state index in [0.717, 1.165) is 38.2 Å². The van der Waals surface area contributed by atoms with Crippen LogP contribution in [0.3, 0.4) is 0 Å². The molecule has 41 heavy (non-hydrogen) atoms. The molecule has 1 aliphatic carbocycles. The molecule has 0 saturated heterocycles. The largest absolute Gasteiger partial charge is 0.489 e. The lowest BCUT2D eigenvalue weighted by atomic mass is 9.68. The lowest BCUT2D eigenvalue weighted by Gasteiger charge is -2.44. The molecule has 210 valence electrons. The summed E-state index contributed by atoms with van der Waals surface area (Å²) in [6.45, 7) is 8.51. The first-order valence-corrected chi connectivity index (χ1v) is 14.8. The van der Waals surface area contributed by atoms with Crippen LogP contribution in [-0.4, -0.2) is 5.78 Å². The molecule has 0 aromatic heterocycles. The third kappa shape index (κ3) is 5.51. The van der Waals surface area contributed by atoms with Crippen LogP contribution in [0, 0.1) is 30.6 Å². The number of benzene rings is 3. The number of nitriles is 1. The number of Topliss-reactive ketones (excluding diaryl/α,β-unsaturated/α-hetero) is 1. The topological polar surface area (TPSA) is 79.4 Å². The average Bonchev–Trinajstić information content (AvgIpc) is 2.90. The molecule has 1 atom stereocenters. The molecule has 1 aliphatic heterocycles. The first kappa shape index (κ1) is 29.3. The van der Waals surface area contributed by atoms with Crippen LogP contribution < -0.4 is 15.4 Å². The van der Waals surface area contributed by atoms with Gasteiger partial charge in [-0.15, -0.1) is 0 Å². The number of nitrogens with two attached hydrogens (primary N) is 1. The molecule has 3 aromatic rings. The molecule has 0 fully saturated rings. The molecule has 0 spiro atoms. The number of halogens is 3. The standard InChI is InChI=1S/C33H30BrCl2N3O2/c1-18-12-19(2)23(13-20(18)17-41-22-10-8-21(34)9-11-22)29-24(16-37)32(38)39(26-7-5-6-25(35)31(26)36)27-14-33(3,4)15-28(40)30(27)29/h5-13,29H,14-15,17,38H2,1-4H3. The van der Waals surface area contributed by atoms with E-state index in [2.05, 4.69) is 48.0 Å². The van der Waals surface area contributed by atoms with E-state index in [0.29, 0.717) is 46.3 Å². The van der Waals surface area contributed by atoms with Crippen LogP contribution in [0.2, 0.25) is 10.0 Å². The van der Waals surface area contributed by atoms with Crippen LogP contribution >= 0.6 is 39.1 Å². The van der Waals surface area contributed by atoms with Gasteiger partial charge in [-0.25, -0.2) is 0 Å². The van der Waals surface area contributed by atoms with Crippen LogP contribution in [0.5, 0.6) is 5.75 Å². The van der Waals surface area contributed by atoms with Gasteiger partial charge >= 0.3 is 0 Å². The van der Waals surface area contributed by atoms with Gasteiger partial charge in [0.25, 0.3) is 0 Å². The zero-order chi connectivity index (χ0) is 29.6. The van der Waals surface area contributed by atoms with Crippen LogP contribution in [0.4, 0.5) is 5.69 Å². The first-order valence-electron chi connectivity index (χ1n) is 13.3. The molecule has 0 radical (unpaired) electrons. The Morgan fingerprint density at radius 3 is 2.49 bits per heavy atom. The number of hydrogen-bond donors (Lipinski definition) is 1. The molecule has 2 aliphatic rings. The molecule has 3 aromatic carbocycles. The minimum atomic E-state index is -0.611. The van der Waals surface area contributed by atoms with E-state index in [4.69, 9.17) is 33.7 Å². The lowest BCUT2D eigenvalue weighted by Crippen LogP contribution is -2.42. The summed E-state index contributed by atoms with van der Waals surface area (Å²) in [6.07, 6.45) is 0.944. The van der Waals surface area contributed by atoms with Crippen LogP contribution in [0.15, 0.2) is 81.7 Å². The number of hydrogen-bond acceptors (Lipinski definition) is 5. The van der Waals surface area contributed by atoms with Gasteiger partial charge in [0.05, 0.1) is 33.3 Å². The quantitative estimate of drug-likeness (QED) is 0.298. The van der Waals surface area contributed by atoms with Crippen molar-refractivity contribution in [3.05, 3.63) is 114 Å². The third-order valence-electron chi connectivity index (χ3n) is 7.80. The smallest absolute Gasteiger partial charge is 0.162 e. The highest BCUT2D eigenvalue weighted by molar-refractivity contribution is 9.10. The van der Waals surface area contributed by atoms with Crippen molar-refractivity contribution in [3.63, 3.8) is 0 Å². The van der Waals surface area contributed by atoms with Crippen molar-refractivity contribution in [2.24, 2.45) is 11.1 Å². The predicted molar refractivity (Wildman–Crippen MR) is 168 cm³/mol. The number of nitrogens with zero attached hydrogens (tertiary/aromatic N) is 2. The summed E-state index contributed by atoms with van der Waals surface area (Å²) < 4.78 is 7.08. The van der Waals surface area contributed by atoms with Crippen molar-refractivity contribution in [2.75, 3.05) is 4.90 Å². The second kappa shape index (κ2) is 11.2. The Kier molecular flexibility index (Phi) is 8.00. The third-order valence-corrected chi connectivity index (χ3v) is 9.13. The van der Waals surface area contributed by atoms with Gasteiger partial charge in [-0.2, -0.15) is 5.26 Å². The fraction of sp³-hybridized carbons (Fsp3) is 0.273. The SMILES string of the molecule is Cc1cc(C)c(C2C(C#N)=C(N)N(c3cccc(Cl)c3Cl)C3=C2C(=O)CC(C)(C)C3)cc1COc1ccc(Br)cc1. The number of anilines is 1. The molecule has 0 amide bonds. The van der Waals surface area contributed by atoms with Crippen molar-refractivity contribution in [1.82, 2.24) is 0 Å². The van der Waals surface area contributed by atoms with Gasteiger partial charge < -0.3 is 10.5 Å². The van der Waals surface area contributed by atoms with E-state index in [1.807, 2.05) is 44.2 Å².